The zero-order valence-corrected chi connectivity index (χ0v) is 13.9. The van der Waals surface area contributed by atoms with E-state index >= 15 is 0 Å². The fourth-order valence-electron chi connectivity index (χ4n) is 3.04. The second-order valence-corrected chi connectivity index (χ2v) is 6.62. The Morgan fingerprint density at radius 2 is 2.30 bits per heavy atom. The molecule has 0 aliphatic heterocycles. The van der Waals surface area contributed by atoms with Gasteiger partial charge in [0, 0.05) is 24.0 Å². The first-order valence-electron chi connectivity index (χ1n) is 8.00. The number of nitrogens with zero attached hydrogens (tertiary/aromatic N) is 3. The summed E-state index contributed by atoms with van der Waals surface area (Å²) in [6.07, 6.45) is 4.73. The number of carbonyl (C=O) groups is 1. The van der Waals surface area contributed by atoms with Crippen molar-refractivity contribution in [1.29, 1.82) is 0 Å². The van der Waals surface area contributed by atoms with Crippen LogP contribution in [0, 0.1) is 5.92 Å². The molecule has 2 N–H and O–H groups in total. The molecule has 2 aromatic rings. The van der Waals surface area contributed by atoms with Crippen LogP contribution in [0.2, 0.25) is 0 Å². The van der Waals surface area contributed by atoms with Crippen LogP contribution in [0.4, 0.5) is 5.82 Å². The highest BCUT2D eigenvalue weighted by Gasteiger charge is 2.24. The van der Waals surface area contributed by atoms with Gasteiger partial charge in [0.2, 0.25) is 0 Å². The van der Waals surface area contributed by atoms with E-state index in [4.69, 9.17) is 0 Å². The van der Waals surface area contributed by atoms with E-state index in [0.29, 0.717) is 17.4 Å². The molecule has 1 atom stereocenters. The van der Waals surface area contributed by atoms with Crippen LogP contribution in [0.5, 0.6) is 0 Å². The Labute approximate surface area is 136 Å². The summed E-state index contributed by atoms with van der Waals surface area (Å²) < 4.78 is 0. The zero-order chi connectivity index (χ0) is 16.4. The Hall–Kier alpha value is -2.21. The predicted octanol–water partition coefficient (Wildman–Crippen LogP) is 2.24. The molecule has 122 valence electrons. The van der Waals surface area contributed by atoms with Gasteiger partial charge in [-0.25, -0.2) is 4.98 Å². The quantitative estimate of drug-likeness (QED) is 0.908. The molecule has 1 unspecified atom stereocenters. The number of nitrogens with one attached hydrogen (secondary N) is 2. The number of hydrogen-bond acceptors (Lipinski definition) is 4. The topological polar surface area (TPSA) is 73.9 Å². The smallest absolute Gasteiger partial charge is 0.277 e. The second-order valence-electron chi connectivity index (χ2n) is 6.62. The lowest BCUT2D eigenvalue weighted by atomic mass is 9.87. The minimum atomic E-state index is -0.189. The summed E-state index contributed by atoms with van der Waals surface area (Å²) in [4.78, 5) is 18.9. The molecule has 0 aromatic carbocycles. The molecule has 1 aliphatic carbocycles. The van der Waals surface area contributed by atoms with Crippen LogP contribution >= 0.6 is 0 Å². The van der Waals surface area contributed by atoms with Gasteiger partial charge in [0.25, 0.3) is 5.91 Å². The molecule has 2 heterocycles. The Bertz CT molecular complexity index is 707. The summed E-state index contributed by atoms with van der Waals surface area (Å²) in [5.41, 5.74) is 3.78. The molecular weight excluding hydrogens is 290 g/mol. The van der Waals surface area contributed by atoms with Crippen molar-refractivity contribution in [2.45, 2.75) is 32.7 Å². The molecule has 0 fully saturated rings. The van der Waals surface area contributed by atoms with E-state index < -0.39 is 0 Å². The number of pyridine rings is 1. The van der Waals surface area contributed by atoms with Crippen LogP contribution < -0.4 is 5.32 Å². The van der Waals surface area contributed by atoms with E-state index in [2.05, 4.69) is 32.3 Å². The van der Waals surface area contributed by atoms with Gasteiger partial charge in [-0.1, -0.05) is 6.92 Å². The van der Waals surface area contributed by atoms with E-state index in [9.17, 15) is 4.79 Å². The number of fused-ring (bicyclic) bond motifs is 1. The molecule has 6 heteroatoms. The Balaban J connectivity index is 1.76. The van der Waals surface area contributed by atoms with Crippen molar-refractivity contribution in [3.8, 4) is 0 Å². The highest BCUT2D eigenvalue weighted by molar-refractivity contribution is 6.03. The molecular formula is C17H23N5O. The third kappa shape index (κ3) is 3.59. The largest absolute Gasteiger partial charge is 0.305 e. The number of anilines is 1. The molecule has 0 bridgehead atoms. The SMILES string of the molecule is CC1CCc2[nH]nc(C(=O)Nc3cc(CN(C)C)ccn3)c2C1. The van der Waals surface area contributed by atoms with E-state index in [1.54, 1.807) is 6.20 Å². The van der Waals surface area contributed by atoms with Gasteiger partial charge in [0.1, 0.15) is 5.82 Å². The first-order valence-corrected chi connectivity index (χ1v) is 8.00. The lowest BCUT2D eigenvalue weighted by molar-refractivity contribution is 0.102. The van der Waals surface area contributed by atoms with Crippen molar-refractivity contribution in [3.05, 3.63) is 40.8 Å². The molecule has 0 saturated carbocycles. The summed E-state index contributed by atoms with van der Waals surface area (Å²) in [5.74, 6) is 0.967. The molecule has 6 nitrogen and oxygen atoms in total. The lowest BCUT2D eigenvalue weighted by Crippen LogP contribution is -2.18. The number of H-pyrrole nitrogens is 1. The van der Waals surface area contributed by atoms with Gasteiger partial charge in [-0.15, -0.1) is 0 Å². The first-order chi connectivity index (χ1) is 11.0. The monoisotopic (exact) mass is 313 g/mol. The average molecular weight is 313 g/mol. The third-order valence-electron chi connectivity index (χ3n) is 4.17. The van der Waals surface area contributed by atoms with Gasteiger partial charge in [0.15, 0.2) is 5.69 Å². The standard InChI is InChI=1S/C17H23N5O/c1-11-4-5-14-13(8-11)16(21-20-14)17(23)19-15-9-12(6-7-18-15)10-22(2)3/h6-7,9,11H,4-5,8,10H2,1-3H3,(H,20,21)(H,18,19,23). The molecule has 0 radical (unpaired) electrons. The van der Waals surface area contributed by atoms with E-state index in [1.807, 2.05) is 26.2 Å². The van der Waals surface area contributed by atoms with Gasteiger partial charge in [0.05, 0.1) is 0 Å². The van der Waals surface area contributed by atoms with Crippen LogP contribution in [-0.2, 0) is 19.4 Å². The Morgan fingerprint density at radius 3 is 3.09 bits per heavy atom. The summed E-state index contributed by atoms with van der Waals surface area (Å²) in [6.45, 7) is 3.02. The molecule has 0 spiro atoms. The molecule has 0 saturated heterocycles. The van der Waals surface area contributed by atoms with Crippen molar-refractivity contribution in [2.75, 3.05) is 19.4 Å². The maximum absolute atomic E-state index is 12.5. The third-order valence-corrected chi connectivity index (χ3v) is 4.17. The van der Waals surface area contributed by atoms with Gasteiger partial charge in [-0.05, 0) is 57.0 Å². The lowest BCUT2D eigenvalue weighted by Gasteiger charge is -2.18. The summed E-state index contributed by atoms with van der Waals surface area (Å²) in [5, 5.41) is 10.1. The predicted molar refractivity (Wildman–Crippen MR) is 89.4 cm³/mol. The normalized spacial score (nSPS) is 17.1. The first kappa shape index (κ1) is 15.7. The van der Waals surface area contributed by atoms with Gasteiger partial charge < -0.3 is 10.2 Å². The van der Waals surface area contributed by atoms with E-state index in [1.165, 1.54) is 0 Å². The fourth-order valence-corrected chi connectivity index (χ4v) is 3.04. The summed E-state index contributed by atoms with van der Waals surface area (Å²) >= 11 is 0. The number of amides is 1. The number of aryl methyl sites for hydroxylation is 1. The van der Waals surface area contributed by atoms with Crippen LogP contribution in [0.3, 0.4) is 0 Å². The van der Waals surface area contributed by atoms with Gasteiger partial charge in [-0.2, -0.15) is 5.10 Å². The van der Waals surface area contributed by atoms with Crippen molar-refractivity contribution < 1.29 is 4.79 Å². The minimum Gasteiger partial charge on any atom is -0.305 e. The summed E-state index contributed by atoms with van der Waals surface area (Å²) in [7, 11) is 4.02. The minimum absolute atomic E-state index is 0.189. The van der Waals surface area contributed by atoms with Crippen LogP contribution in [0.1, 0.15) is 40.7 Å². The van der Waals surface area contributed by atoms with Crippen LogP contribution in [0.25, 0.3) is 0 Å². The van der Waals surface area contributed by atoms with Crippen molar-refractivity contribution in [1.82, 2.24) is 20.1 Å². The molecule has 23 heavy (non-hydrogen) atoms. The number of rotatable bonds is 4. The van der Waals surface area contributed by atoms with Crippen molar-refractivity contribution in [2.24, 2.45) is 5.92 Å². The van der Waals surface area contributed by atoms with Gasteiger partial charge >= 0.3 is 0 Å². The highest BCUT2D eigenvalue weighted by Crippen LogP contribution is 2.26. The number of aromatic amines is 1. The van der Waals surface area contributed by atoms with Crippen molar-refractivity contribution >= 4 is 11.7 Å². The second kappa shape index (κ2) is 6.50. The number of carbonyl (C=O) groups excluding carboxylic acids is 1. The maximum atomic E-state index is 12.5. The van der Waals surface area contributed by atoms with E-state index in [-0.39, 0.29) is 5.91 Å². The molecule has 2 aromatic heterocycles. The van der Waals surface area contributed by atoms with Gasteiger partial charge in [-0.3, -0.25) is 9.89 Å². The number of aromatic nitrogens is 3. The van der Waals surface area contributed by atoms with Crippen LogP contribution in [0.15, 0.2) is 18.3 Å². The highest BCUT2D eigenvalue weighted by atomic mass is 16.2. The molecule has 1 aliphatic rings. The molecule has 1 amide bonds. The maximum Gasteiger partial charge on any atom is 0.277 e. The fraction of sp³-hybridized carbons (Fsp3) is 0.471. The van der Waals surface area contributed by atoms with Crippen LogP contribution in [-0.4, -0.2) is 40.1 Å². The Morgan fingerprint density at radius 1 is 1.48 bits per heavy atom. The zero-order valence-electron chi connectivity index (χ0n) is 13.9. The average Bonchev–Trinajstić information content (AvgIpc) is 2.89. The van der Waals surface area contributed by atoms with Crippen molar-refractivity contribution in [3.63, 3.8) is 0 Å². The molecule has 3 rings (SSSR count). The Kier molecular flexibility index (Phi) is 4.43. The van der Waals surface area contributed by atoms with E-state index in [0.717, 1.165) is 42.6 Å². The number of hydrogen-bond donors (Lipinski definition) is 2. The summed E-state index contributed by atoms with van der Waals surface area (Å²) in [6, 6.07) is 3.85.